The normalized spacial score (nSPS) is 14.4. The number of nitrogens with one attached hydrogen (secondary N) is 1. The monoisotopic (exact) mass is 519 g/mol. The Morgan fingerprint density at radius 3 is 2.32 bits per heavy atom. The predicted molar refractivity (Wildman–Crippen MR) is 126 cm³/mol. The zero-order valence-corrected chi connectivity index (χ0v) is 20.7. The first kappa shape index (κ1) is 28.1. The molecule has 1 saturated heterocycles. The van der Waals surface area contributed by atoms with Crippen LogP contribution in [-0.2, 0) is 29.1 Å². The minimum atomic E-state index is -4.60. The summed E-state index contributed by atoms with van der Waals surface area (Å²) < 4.78 is 65.6. The summed E-state index contributed by atoms with van der Waals surface area (Å²) >= 11 is 5.96. The fraction of sp³-hybridized carbons (Fsp3) is 0.435. The quantitative estimate of drug-likeness (QED) is 0.570. The molecule has 3 N–H and O–H groups in total. The lowest BCUT2D eigenvalue weighted by atomic mass is 10.0. The minimum absolute atomic E-state index is 0.0293. The summed E-state index contributed by atoms with van der Waals surface area (Å²) in [6.07, 6.45) is -2.68. The molecule has 0 aromatic heterocycles. The van der Waals surface area contributed by atoms with Gasteiger partial charge in [-0.05, 0) is 74.4 Å². The number of hydrogen-bond acceptors (Lipinski definition) is 5. The highest BCUT2D eigenvalue weighted by Gasteiger charge is 2.34. The lowest BCUT2D eigenvalue weighted by Gasteiger charge is -2.19. The molecule has 1 aliphatic rings. The van der Waals surface area contributed by atoms with Gasteiger partial charge in [0.05, 0.1) is 16.2 Å². The summed E-state index contributed by atoms with van der Waals surface area (Å²) in [5.41, 5.74) is 3.91. The van der Waals surface area contributed by atoms with Crippen molar-refractivity contribution in [2.75, 3.05) is 25.9 Å². The topological polar surface area (TPSA) is 92.5 Å². The van der Waals surface area contributed by atoms with Crippen molar-refractivity contribution < 1.29 is 26.4 Å². The number of rotatable bonds is 7. The Balaban J connectivity index is 0.00000199. The zero-order valence-electron chi connectivity index (χ0n) is 19.1. The molecule has 0 aliphatic carbocycles. The van der Waals surface area contributed by atoms with Crippen molar-refractivity contribution in [1.29, 1.82) is 0 Å². The van der Waals surface area contributed by atoms with E-state index in [4.69, 9.17) is 11.6 Å². The number of alkyl halides is 3. The van der Waals surface area contributed by atoms with E-state index in [-0.39, 0.29) is 45.5 Å². The molecule has 1 fully saturated rings. The number of likely N-dealkylation sites (tertiary alicyclic amines) is 1. The third-order valence-corrected chi connectivity index (χ3v) is 7.51. The van der Waals surface area contributed by atoms with Gasteiger partial charge in [0.1, 0.15) is 0 Å². The van der Waals surface area contributed by atoms with E-state index in [1.54, 1.807) is 0 Å². The van der Waals surface area contributed by atoms with E-state index in [1.165, 1.54) is 44.3 Å². The van der Waals surface area contributed by atoms with Crippen LogP contribution in [0.2, 0.25) is 5.02 Å². The second-order valence-electron chi connectivity index (χ2n) is 7.69. The lowest BCUT2D eigenvalue weighted by molar-refractivity contribution is -0.138. The van der Waals surface area contributed by atoms with Crippen LogP contribution < -0.4 is 11.1 Å². The summed E-state index contributed by atoms with van der Waals surface area (Å²) in [4.78, 5) is 14.6. The number of amides is 1. The van der Waals surface area contributed by atoms with Crippen molar-refractivity contribution >= 4 is 27.3 Å². The van der Waals surface area contributed by atoms with Gasteiger partial charge in [-0.1, -0.05) is 24.6 Å². The Kier molecular flexibility index (Phi) is 9.93. The van der Waals surface area contributed by atoms with Gasteiger partial charge in [-0.3, -0.25) is 9.69 Å². The van der Waals surface area contributed by atoms with E-state index in [0.717, 1.165) is 32.0 Å². The maximum absolute atomic E-state index is 13.7. The highest BCUT2D eigenvalue weighted by Crippen LogP contribution is 2.34. The number of carbonyl (C=O) groups excluding carboxylic acids is 1. The van der Waals surface area contributed by atoms with Crippen molar-refractivity contribution in [3.05, 3.63) is 63.7 Å². The molecule has 3 rings (SSSR count). The van der Waals surface area contributed by atoms with Gasteiger partial charge in [0.15, 0.2) is 9.84 Å². The van der Waals surface area contributed by atoms with Crippen molar-refractivity contribution in [1.82, 2.24) is 10.2 Å². The van der Waals surface area contributed by atoms with E-state index in [1.807, 2.05) is 4.90 Å². The molecule has 0 unspecified atom stereocenters. The number of nitrogens with zero attached hydrogens (tertiary/aromatic N) is 1. The van der Waals surface area contributed by atoms with Crippen LogP contribution in [0.1, 0.15) is 46.8 Å². The zero-order chi connectivity index (χ0) is 25.5. The van der Waals surface area contributed by atoms with Crippen LogP contribution in [-0.4, -0.2) is 45.1 Å². The second-order valence-corrected chi connectivity index (χ2v) is 10.4. The predicted octanol–water partition coefficient (Wildman–Crippen LogP) is 4.25. The van der Waals surface area contributed by atoms with Gasteiger partial charge in [-0.2, -0.15) is 13.2 Å². The Bertz CT molecular complexity index is 1100. The smallest absolute Gasteiger partial charge is 0.348 e. The minimum Gasteiger partial charge on any atom is -0.348 e. The SMILES string of the molecule is CCS(=O)(=O)c1ccc(Cl)cc1CNC(=O)c1ccc(CN2CCCC2)c(C(F)(F)F)c1.CN. The molecule has 1 aliphatic heterocycles. The molecule has 0 bridgehead atoms. The molecule has 2 aromatic carbocycles. The number of sulfone groups is 1. The van der Waals surface area contributed by atoms with Crippen LogP contribution in [0.5, 0.6) is 0 Å². The van der Waals surface area contributed by atoms with Crippen molar-refractivity contribution in [3.8, 4) is 0 Å². The Morgan fingerprint density at radius 1 is 1.09 bits per heavy atom. The summed E-state index contributed by atoms with van der Waals surface area (Å²) in [5.74, 6) is -0.869. The van der Waals surface area contributed by atoms with E-state index in [9.17, 15) is 26.4 Å². The number of halogens is 4. The van der Waals surface area contributed by atoms with Crippen LogP contribution in [0.4, 0.5) is 13.2 Å². The molecule has 2 aromatic rings. The van der Waals surface area contributed by atoms with Gasteiger partial charge in [0, 0.05) is 23.7 Å². The molecule has 1 amide bonds. The average molecular weight is 520 g/mol. The Morgan fingerprint density at radius 2 is 1.74 bits per heavy atom. The highest BCUT2D eigenvalue weighted by atomic mass is 35.5. The average Bonchev–Trinajstić information content (AvgIpc) is 3.31. The molecule has 1 heterocycles. The van der Waals surface area contributed by atoms with Crippen molar-refractivity contribution in [2.24, 2.45) is 5.73 Å². The van der Waals surface area contributed by atoms with Crippen molar-refractivity contribution in [2.45, 2.75) is 43.9 Å². The Hall–Kier alpha value is -2.14. The first-order valence-corrected chi connectivity index (χ1v) is 12.8. The van der Waals surface area contributed by atoms with E-state index >= 15 is 0 Å². The third kappa shape index (κ3) is 7.18. The maximum atomic E-state index is 13.7. The van der Waals surface area contributed by atoms with Crippen molar-refractivity contribution in [3.63, 3.8) is 0 Å². The van der Waals surface area contributed by atoms with Gasteiger partial charge >= 0.3 is 6.18 Å². The highest BCUT2D eigenvalue weighted by molar-refractivity contribution is 7.91. The fourth-order valence-electron chi connectivity index (χ4n) is 3.72. The molecular weight excluding hydrogens is 491 g/mol. The molecule has 6 nitrogen and oxygen atoms in total. The molecular formula is C23H29ClF3N3O3S. The standard InChI is InChI=1S/C22H24ClF3N2O3S.CH5N/c1-2-32(30,31)20-8-7-18(23)11-17(20)13-27-21(29)15-5-6-16(14-28-9-3-4-10-28)19(12-15)22(24,25)26;1-2/h5-8,11-12H,2-4,9-10,13-14H2,1H3,(H,27,29);2H2,1H3. The molecule has 0 saturated carbocycles. The second kappa shape index (κ2) is 12.0. The molecule has 0 radical (unpaired) electrons. The molecule has 11 heteroatoms. The summed E-state index contributed by atoms with van der Waals surface area (Å²) in [6.45, 7) is 2.99. The number of benzene rings is 2. The van der Waals surface area contributed by atoms with Crippen LogP contribution in [0.3, 0.4) is 0 Å². The van der Waals surface area contributed by atoms with Crippen LogP contribution in [0.25, 0.3) is 0 Å². The van der Waals surface area contributed by atoms with E-state index in [0.29, 0.717) is 0 Å². The van der Waals surface area contributed by atoms with E-state index in [2.05, 4.69) is 11.1 Å². The molecule has 188 valence electrons. The van der Waals surface area contributed by atoms with Gasteiger partial charge < -0.3 is 11.1 Å². The van der Waals surface area contributed by atoms with Gasteiger partial charge in [0.25, 0.3) is 5.91 Å². The number of hydrogen-bond donors (Lipinski definition) is 2. The van der Waals surface area contributed by atoms with Gasteiger partial charge in [0.2, 0.25) is 0 Å². The maximum Gasteiger partial charge on any atom is 0.416 e. The molecule has 0 spiro atoms. The van der Waals surface area contributed by atoms with Crippen LogP contribution in [0.15, 0.2) is 41.3 Å². The first-order chi connectivity index (χ1) is 16.0. The summed E-state index contributed by atoms with van der Waals surface area (Å²) in [5, 5.41) is 2.80. The van der Waals surface area contributed by atoms with Gasteiger partial charge in [-0.15, -0.1) is 0 Å². The third-order valence-electron chi connectivity index (χ3n) is 5.45. The van der Waals surface area contributed by atoms with Gasteiger partial charge in [-0.25, -0.2) is 8.42 Å². The van der Waals surface area contributed by atoms with E-state index < -0.39 is 27.5 Å². The van der Waals surface area contributed by atoms with Crippen LogP contribution in [0, 0.1) is 0 Å². The number of carbonyl (C=O) groups is 1. The summed E-state index contributed by atoms with van der Waals surface area (Å²) in [6, 6.07) is 7.76. The largest absolute Gasteiger partial charge is 0.416 e. The number of nitrogens with two attached hydrogens (primary N) is 1. The molecule has 34 heavy (non-hydrogen) atoms. The fourth-order valence-corrected chi connectivity index (χ4v) is 5.04. The Labute approximate surface area is 203 Å². The molecule has 0 atom stereocenters. The summed E-state index contributed by atoms with van der Waals surface area (Å²) in [7, 11) is -2.06. The first-order valence-electron chi connectivity index (χ1n) is 10.8. The lowest BCUT2D eigenvalue weighted by Crippen LogP contribution is -2.25. The van der Waals surface area contributed by atoms with Crippen LogP contribution >= 0.6 is 11.6 Å².